The predicted molar refractivity (Wildman–Crippen MR) is 141 cm³/mol. The lowest BCUT2D eigenvalue weighted by Crippen LogP contribution is -2.17. The Bertz CT molecular complexity index is 1140. The highest BCUT2D eigenvalue weighted by molar-refractivity contribution is 7.99. The summed E-state index contributed by atoms with van der Waals surface area (Å²) in [6.45, 7) is 4.71. The molecule has 0 heterocycles. The van der Waals surface area contributed by atoms with E-state index in [9.17, 15) is 4.79 Å². The zero-order chi connectivity index (χ0) is 24.3. The smallest absolute Gasteiger partial charge is 0.240 e. The number of amides is 1. The molecule has 8 heteroatoms. The Morgan fingerprint density at radius 2 is 1.82 bits per heavy atom. The number of benzene rings is 3. The van der Waals surface area contributed by atoms with Crippen molar-refractivity contribution in [1.29, 1.82) is 0 Å². The molecule has 0 fully saturated rings. The molecule has 0 aromatic heterocycles. The van der Waals surface area contributed by atoms with Gasteiger partial charge in [-0.3, -0.25) is 4.79 Å². The van der Waals surface area contributed by atoms with Gasteiger partial charge in [0.15, 0.2) is 11.5 Å². The number of nitrogens with one attached hydrogen (secondary N) is 1. The second kappa shape index (κ2) is 13.3. The molecule has 5 nitrogen and oxygen atoms in total. The third-order valence-electron chi connectivity index (χ3n) is 4.69. The van der Waals surface area contributed by atoms with Crippen molar-refractivity contribution in [2.75, 3.05) is 12.4 Å². The maximum absolute atomic E-state index is 12.1. The molecule has 0 aliphatic carbocycles. The molecular weight excluding hydrogens is 491 g/mol. The Balaban J connectivity index is 1.52. The summed E-state index contributed by atoms with van der Waals surface area (Å²) in [5.74, 6) is 1.71. The summed E-state index contributed by atoms with van der Waals surface area (Å²) in [4.78, 5) is 13.2. The molecule has 34 heavy (non-hydrogen) atoms. The van der Waals surface area contributed by atoms with Crippen LogP contribution in [0, 0.1) is 6.92 Å². The molecule has 0 radical (unpaired) electrons. The van der Waals surface area contributed by atoms with E-state index in [4.69, 9.17) is 32.7 Å². The van der Waals surface area contributed by atoms with Crippen LogP contribution in [0.25, 0.3) is 0 Å². The maximum Gasteiger partial charge on any atom is 0.240 e. The second-order valence-electron chi connectivity index (χ2n) is 7.37. The van der Waals surface area contributed by atoms with Gasteiger partial charge < -0.3 is 9.47 Å². The summed E-state index contributed by atoms with van der Waals surface area (Å²) in [6, 6.07) is 19.0. The van der Waals surface area contributed by atoms with Crippen LogP contribution in [0.1, 0.15) is 30.0 Å². The van der Waals surface area contributed by atoms with Gasteiger partial charge in [-0.1, -0.05) is 47.0 Å². The van der Waals surface area contributed by atoms with Crippen molar-refractivity contribution in [3.05, 3.63) is 87.4 Å². The third kappa shape index (κ3) is 8.28. The fourth-order valence-electron chi connectivity index (χ4n) is 2.92. The van der Waals surface area contributed by atoms with Crippen LogP contribution in [0.3, 0.4) is 0 Å². The van der Waals surface area contributed by atoms with Gasteiger partial charge in [-0.15, -0.1) is 11.8 Å². The van der Waals surface area contributed by atoms with Crippen LogP contribution in [0.2, 0.25) is 10.0 Å². The number of thioether (sulfide) groups is 1. The fourth-order valence-corrected chi connectivity index (χ4v) is 4.23. The summed E-state index contributed by atoms with van der Waals surface area (Å²) >= 11 is 13.8. The van der Waals surface area contributed by atoms with Gasteiger partial charge in [-0.25, -0.2) is 5.43 Å². The quantitative estimate of drug-likeness (QED) is 0.171. The highest BCUT2D eigenvalue weighted by atomic mass is 35.5. The van der Waals surface area contributed by atoms with E-state index in [1.165, 1.54) is 5.56 Å². The van der Waals surface area contributed by atoms with Gasteiger partial charge in [0.2, 0.25) is 5.91 Å². The van der Waals surface area contributed by atoms with Crippen molar-refractivity contribution in [3.63, 3.8) is 0 Å². The minimum Gasteiger partial charge on any atom is -0.490 e. The summed E-state index contributed by atoms with van der Waals surface area (Å²) in [5, 5.41) is 5.18. The standard InChI is InChI=1S/C26H26Cl2N2O3S/c1-3-32-25-14-19(6-11-24(25)33-17-20-7-8-21(27)15-23(20)28)16-29-30-26(31)12-13-34-22-9-4-18(2)5-10-22/h4-11,14-16H,3,12-13,17H2,1-2H3,(H,30,31)/b29-16-. The molecule has 0 aliphatic rings. The Labute approximate surface area is 214 Å². The van der Waals surface area contributed by atoms with Crippen LogP contribution in [0.4, 0.5) is 0 Å². The van der Waals surface area contributed by atoms with Crippen LogP contribution in [-0.4, -0.2) is 24.5 Å². The van der Waals surface area contributed by atoms with Crippen molar-refractivity contribution >= 4 is 47.1 Å². The van der Waals surface area contributed by atoms with Crippen LogP contribution in [-0.2, 0) is 11.4 Å². The molecule has 0 atom stereocenters. The lowest BCUT2D eigenvalue weighted by atomic mass is 10.2. The van der Waals surface area contributed by atoms with Crippen LogP contribution in [0.15, 0.2) is 70.7 Å². The molecule has 0 bridgehead atoms. The number of halogens is 2. The minimum atomic E-state index is -0.138. The number of hydrogen-bond donors (Lipinski definition) is 1. The van der Waals surface area contributed by atoms with Crippen molar-refractivity contribution in [2.45, 2.75) is 31.8 Å². The van der Waals surface area contributed by atoms with Gasteiger partial charge in [0.1, 0.15) is 6.61 Å². The molecule has 0 unspecified atom stereocenters. The fraction of sp³-hybridized carbons (Fsp3) is 0.231. The highest BCUT2D eigenvalue weighted by Gasteiger charge is 2.09. The third-order valence-corrected chi connectivity index (χ3v) is 6.29. The number of rotatable bonds is 11. The van der Waals surface area contributed by atoms with Gasteiger partial charge in [0.25, 0.3) is 0 Å². The summed E-state index contributed by atoms with van der Waals surface area (Å²) < 4.78 is 11.6. The van der Waals surface area contributed by atoms with Gasteiger partial charge in [-0.2, -0.15) is 5.10 Å². The molecule has 3 aromatic rings. The monoisotopic (exact) mass is 516 g/mol. The number of nitrogens with zero attached hydrogens (tertiary/aromatic N) is 1. The maximum atomic E-state index is 12.1. The van der Waals surface area contributed by atoms with Gasteiger partial charge in [0.05, 0.1) is 12.8 Å². The molecular formula is C26H26Cl2N2O3S. The van der Waals surface area contributed by atoms with Crippen LogP contribution in [0.5, 0.6) is 11.5 Å². The van der Waals surface area contributed by atoms with E-state index >= 15 is 0 Å². The Morgan fingerprint density at radius 3 is 2.56 bits per heavy atom. The van der Waals surface area contributed by atoms with E-state index in [1.54, 1.807) is 36.2 Å². The average Bonchev–Trinajstić information content (AvgIpc) is 2.81. The van der Waals surface area contributed by atoms with Crippen molar-refractivity contribution in [1.82, 2.24) is 5.43 Å². The first-order valence-corrected chi connectivity index (χ1v) is 12.5. The van der Waals surface area contributed by atoms with Gasteiger partial charge >= 0.3 is 0 Å². The normalized spacial score (nSPS) is 10.9. The zero-order valence-electron chi connectivity index (χ0n) is 19.0. The van der Waals surface area contributed by atoms with E-state index in [1.807, 2.05) is 25.1 Å². The minimum absolute atomic E-state index is 0.138. The molecule has 178 valence electrons. The number of aryl methyl sites for hydroxylation is 1. The van der Waals surface area contributed by atoms with E-state index in [0.717, 1.165) is 16.0 Å². The lowest BCUT2D eigenvalue weighted by molar-refractivity contribution is -0.120. The average molecular weight is 517 g/mol. The van der Waals surface area contributed by atoms with E-state index in [0.29, 0.717) is 40.3 Å². The summed E-state index contributed by atoms with van der Waals surface area (Å²) in [6.07, 6.45) is 1.95. The molecule has 0 spiro atoms. The Hall–Kier alpha value is -2.67. The largest absolute Gasteiger partial charge is 0.490 e. The summed E-state index contributed by atoms with van der Waals surface area (Å²) in [5.41, 5.74) is 5.38. The lowest BCUT2D eigenvalue weighted by Gasteiger charge is -2.13. The molecule has 0 saturated carbocycles. The van der Waals surface area contributed by atoms with Crippen molar-refractivity contribution in [3.8, 4) is 11.5 Å². The summed E-state index contributed by atoms with van der Waals surface area (Å²) in [7, 11) is 0. The van der Waals surface area contributed by atoms with Crippen LogP contribution < -0.4 is 14.9 Å². The number of carbonyl (C=O) groups is 1. The Kier molecular flexibility index (Phi) is 10.1. The van der Waals surface area contributed by atoms with Crippen molar-refractivity contribution < 1.29 is 14.3 Å². The zero-order valence-corrected chi connectivity index (χ0v) is 21.3. The first kappa shape index (κ1) is 25.9. The Morgan fingerprint density at radius 1 is 1.03 bits per heavy atom. The molecule has 0 aliphatic heterocycles. The van der Waals surface area contributed by atoms with E-state index in [-0.39, 0.29) is 12.5 Å². The van der Waals surface area contributed by atoms with E-state index in [2.05, 4.69) is 41.7 Å². The number of hydrogen-bond acceptors (Lipinski definition) is 5. The molecule has 1 amide bonds. The van der Waals surface area contributed by atoms with Crippen molar-refractivity contribution in [2.24, 2.45) is 5.10 Å². The number of carbonyl (C=O) groups excluding carboxylic acids is 1. The van der Waals surface area contributed by atoms with E-state index < -0.39 is 0 Å². The molecule has 3 rings (SSSR count). The number of hydrazone groups is 1. The topological polar surface area (TPSA) is 59.9 Å². The van der Waals surface area contributed by atoms with Crippen LogP contribution >= 0.6 is 35.0 Å². The second-order valence-corrected chi connectivity index (χ2v) is 9.38. The molecule has 1 N–H and O–H groups in total. The highest BCUT2D eigenvalue weighted by Crippen LogP contribution is 2.30. The molecule has 3 aromatic carbocycles. The predicted octanol–water partition coefficient (Wildman–Crippen LogP) is 6.91. The molecule has 0 saturated heterocycles. The first-order valence-electron chi connectivity index (χ1n) is 10.8. The number of ether oxygens (including phenoxy) is 2. The van der Waals surface area contributed by atoms with Gasteiger partial charge in [-0.05, 0) is 61.9 Å². The SMILES string of the molecule is CCOc1cc(/C=N\NC(=O)CCSc2ccc(C)cc2)ccc1OCc1ccc(Cl)cc1Cl. The van der Waals surface area contributed by atoms with Gasteiger partial charge in [0, 0.05) is 32.7 Å². The first-order chi connectivity index (χ1) is 16.4.